The van der Waals surface area contributed by atoms with Gasteiger partial charge in [-0.1, -0.05) is 41.5 Å². The summed E-state index contributed by atoms with van der Waals surface area (Å²) in [5.74, 6) is 2.12. The van der Waals surface area contributed by atoms with E-state index < -0.39 is 0 Å². The van der Waals surface area contributed by atoms with Gasteiger partial charge >= 0.3 is 0 Å². The van der Waals surface area contributed by atoms with Crippen LogP contribution in [0.25, 0.3) is 0 Å². The molecule has 0 bridgehead atoms. The van der Waals surface area contributed by atoms with Crippen LogP contribution in [0.1, 0.15) is 65.3 Å². The molecule has 1 aromatic rings. The van der Waals surface area contributed by atoms with Crippen molar-refractivity contribution in [3.05, 3.63) is 23.8 Å². The lowest BCUT2D eigenvalue weighted by Gasteiger charge is -2.19. The van der Waals surface area contributed by atoms with Crippen molar-refractivity contribution in [2.75, 3.05) is 0 Å². The predicted octanol–water partition coefficient (Wildman–Crippen LogP) is 3.92. The van der Waals surface area contributed by atoms with Crippen molar-refractivity contribution in [3.8, 4) is 0 Å². The molecule has 1 atom stereocenters. The number of hydrogen-bond acceptors (Lipinski definition) is 2. The van der Waals surface area contributed by atoms with E-state index in [0.717, 1.165) is 12.2 Å². The van der Waals surface area contributed by atoms with Crippen LogP contribution in [-0.4, -0.2) is 9.97 Å². The molecule has 1 unspecified atom stereocenters. The molecule has 0 aliphatic carbocycles. The van der Waals surface area contributed by atoms with E-state index in [1.807, 2.05) is 12.4 Å². The highest BCUT2D eigenvalue weighted by Gasteiger charge is 2.16. The molecule has 0 spiro atoms. The van der Waals surface area contributed by atoms with Crippen LogP contribution in [0.2, 0.25) is 0 Å². The third-order valence-corrected chi connectivity index (χ3v) is 2.80. The molecule has 0 aliphatic rings. The van der Waals surface area contributed by atoms with Gasteiger partial charge < -0.3 is 0 Å². The predicted molar refractivity (Wildman–Crippen MR) is 68.6 cm³/mol. The largest absolute Gasteiger partial charge is 0.241 e. The molecule has 0 amide bonds. The molecule has 2 nitrogen and oxygen atoms in total. The van der Waals surface area contributed by atoms with Crippen LogP contribution < -0.4 is 0 Å². The molecule has 1 heterocycles. The Morgan fingerprint density at radius 1 is 1.06 bits per heavy atom. The van der Waals surface area contributed by atoms with Crippen LogP contribution in [0.5, 0.6) is 0 Å². The van der Waals surface area contributed by atoms with Gasteiger partial charge in [0.15, 0.2) is 0 Å². The molecule has 0 radical (unpaired) electrons. The molecule has 2 heteroatoms. The topological polar surface area (TPSA) is 25.8 Å². The Kier molecular flexibility index (Phi) is 4.06. The minimum absolute atomic E-state index is 0.139. The Hall–Kier alpha value is -0.920. The van der Waals surface area contributed by atoms with Crippen molar-refractivity contribution >= 4 is 0 Å². The second kappa shape index (κ2) is 4.94. The molecule has 0 aliphatic heterocycles. The van der Waals surface area contributed by atoms with Crippen molar-refractivity contribution in [1.82, 2.24) is 9.97 Å². The van der Waals surface area contributed by atoms with E-state index in [1.54, 1.807) is 0 Å². The molecule has 0 aromatic carbocycles. The second-order valence-corrected chi connectivity index (χ2v) is 6.11. The van der Waals surface area contributed by atoms with Gasteiger partial charge in [-0.15, -0.1) is 0 Å². The lowest BCUT2D eigenvalue weighted by atomic mass is 9.89. The van der Waals surface area contributed by atoms with Crippen LogP contribution in [0.15, 0.2) is 12.4 Å². The summed E-state index contributed by atoms with van der Waals surface area (Å²) in [6.07, 6.45) is 5.09. The van der Waals surface area contributed by atoms with Crippen LogP contribution in [0.4, 0.5) is 0 Å². The first-order chi connectivity index (χ1) is 7.30. The zero-order valence-corrected chi connectivity index (χ0v) is 11.4. The smallest absolute Gasteiger partial charge is 0.131 e. The number of hydrogen-bond donors (Lipinski definition) is 0. The molecular weight excluding hydrogens is 196 g/mol. The first kappa shape index (κ1) is 13.1. The quantitative estimate of drug-likeness (QED) is 0.771. The fraction of sp³-hybridized carbons (Fsp3) is 0.714. The van der Waals surface area contributed by atoms with Gasteiger partial charge in [0.25, 0.3) is 0 Å². The molecule has 1 aromatic heterocycles. The van der Waals surface area contributed by atoms with Crippen molar-refractivity contribution in [2.45, 2.75) is 59.3 Å². The highest BCUT2D eigenvalue weighted by atomic mass is 14.9. The first-order valence-corrected chi connectivity index (χ1v) is 6.13. The Bertz CT molecular complexity index is 320. The summed E-state index contributed by atoms with van der Waals surface area (Å²) in [7, 11) is 0. The molecule has 1 rings (SSSR count). The molecular formula is C14H24N2. The maximum absolute atomic E-state index is 4.49. The zero-order chi connectivity index (χ0) is 12.3. The summed E-state index contributed by atoms with van der Waals surface area (Å²) in [4.78, 5) is 8.97. The Morgan fingerprint density at radius 2 is 1.56 bits per heavy atom. The highest BCUT2D eigenvalue weighted by Crippen LogP contribution is 2.23. The van der Waals surface area contributed by atoms with Crippen LogP contribution in [-0.2, 0) is 5.41 Å². The van der Waals surface area contributed by atoms with Crippen LogP contribution in [0.3, 0.4) is 0 Å². The van der Waals surface area contributed by atoms with Gasteiger partial charge in [-0.05, 0) is 23.3 Å². The minimum Gasteiger partial charge on any atom is -0.241 e. The molecule has 0 saturated carbocycles. The van der Waals surface area contributed by atoms with E-state index in [9.17, 15) is 0 Å². The standard InChI is InChI=1S/C14H24N2/c1-10(2)7-11(3)13-15-8-12(9-16-13)14(4,5)6/h8-11H,7H2,1-6H3. The van der Waals surface area contributed by atoms with Gasteiger partial charge in [0.05, 0.1) is 0 Å². The fourth-order valence-corrected chi connectivity index (χ4v) is 1.79. The normalized spacial score (nSPS) is 14.2. The highest BCUT2D eigenvalue weighted by molar-refractivity contribution is 5.16. The molecule has 0 saturated heterocycles. The van der Waals surface area contributed by atoms with Gasteiger partial charge in [-0.3, -0.25) is 0 Å². The van der Waals surface area contributed by atoms with Gasteiger partial charge in [0.1, 0.15) is 5.82 Å². The summed E-state index contributed by atoms with van der Waals surface area (Å²) in [6.45, 7) is 13.2. The van der Waals surface area contributed by atoms with E-state index in [0.29, 0.717) is 11.8 Å². The zero-order valence-electron chi connectivity index (χ0n) is 11.4. The maximum atomic E-state index is 4.49. The van der Waals surface area contributed by atoms with Crippen LogP contribution in [0, 0.1) is 5.92 Å². The van der Waals surface area contributed by atoms with E-state index in [4.69, 9.17) is 0 Å². The van der Waals surface area contributed by atoms with Gasteiger partial charge in [0, 0.05) is 18.3 Å². The molecule has 0 fully saturated rings. The Morgan fingerprint density at radius 3 is 1.94 bits per heavy atom. The second-order valence-electron chi connectivity index (χ2n) is 6.11. The van der Waals surface area contributed by atoms with E-state index in [1.165, 1.54) is 5.56 Å². The number of aromatic nitrogens is 2. The summed E-state index contributed by atoms with van der Waals surface area (Å²) < 4.78 is 0. The lowest BCUT2D eigenvalue weighted by molar-refractivity contribution is 0.504. The van der Waals surface area contributed by atoms with E-state index in [-0.39, 0.29) is 5.41 Å². The van der Waals surface area contributed by atoms with Crippen molar-refractivity contribution in [1.29, 1.82) is 0 Å². The van der Waals surface area contributed by atoms with Crippen LogP contribution >= 0.6 is 0 Å². The number of nitrogens with zero attached hydrogens (tertiary/aromatic N) is 2. The fourth-order valence-electron chi connectivity index (χ4n) is 1.79. The number of rotatable bonds is 3. The Balaban J connectivity index is 2.79. The molecule has 16 heavy (non-hydrogen) atoms. The minimum atomic E-state index is 0.139. The first-order valence-electron chi connectivity index (χ1n) is 6.13. The van der Waals surface area contributed by atoms with Gasteiger partial charge in [0.2, 0.25) is 0 Å². The lowest BCUT2D eigenvalue weighted by Crippen LogP contribution is -2.13. The van der Waals surface area contributed by atoms with Crippen molar-refractivity contribution in [2.24, 2.45) is 5.92 Å². The van der Waals surface area contributed by atoms with E-state index >= 15 is 0 Å². The van der Waals surface area contributed by atoms with Crippen molar-refractivity contribution in [3.63, 3.8) is 0 Å². The average molecular weight is 220 g/mol. The van der Waals surface area contributed by atoms with E-state index in [2.05, 4.69) is 51.5 Å². The third kappa shape index (κ3) is 3.58. The molecule has 90 valence electrons. The SMILES string of the molecule is CC(C)CC(C)c1ncc(C(C)(C)C)cn1. The summed E-state index contributed by atoms with van der Waals surface area (Å²) in [5, 5.41) is 0. The monoisotopic (exact) mass is 220 g/mol. The Labute approximate surface area is 99.5 Å². The summed E-state index contributed by atoms with van der Waals surface area (Å²) >= 11 is 0. The average Bonchev–Trinajstić information content (AvgIpc) is 2.15. The van der Waals surface area contributed by atoms with Gasteiger partial charge in [-0.25, -0.2) is 9.97 Å². The van der Waals surface area contributed by atoms with Crippen molar-refractivity contribution < 1.29 is 0 Å². The molecule has 0 N–H and O–H groups in total. The summed E-state index contributed by atoms with van der Waals surface area (Å²) in [5.41, 5.74) is 1.34. The van der Waals surface area contributed by atoms with Gasteiger partial charge in [-0.2, -0.15) is 0 Å². The summed E-state index contributed by atoms with van der Waals surface area (Å²) in [6, 6.07) is 0. The third-order valence-electron chi connectivity index (χ3n) is 2.80. The maximum Gasteiger partial charge on any atom is 0.131 e.